The van der Waals surface area contributed by atoms with Crippen LogP contribution >= 0.6 is 0 Å². The van der Waals surface area contributed by atoms with E-state index in [4.69, 9.17) is 0 Å². The number of carbonyl (C=O) groups is 1. The molecule has 2 heteroatoms. The number of aromatic hydroxyl groups is 1. The molecular formula is C22H28O2. The average Bonchev–Trinajstić information content (AvgIpc) is 2.55. The molecule has 128 valence electrons. The lowest BCUT2D eigenvalue weighted by Crippen LogP contribution is -2.06. The van der Waals surface area contributed by atoms with Crippen LogP contribution in [-0.2, 0) is 6.42 Å². The molecule has 0 aliphatic carbocycles. The van der Waals surface area contributed by atoms with E-state index >= 15 is 0 Å². The molecule has 2 rings (SSSR count). The Hall–Kier alpha value is -2.09. The van der Waals surface area contributed by atoms with Crippen LogP contribution in [0.3, 0.4) is 0 Å². The van der Waals surface area contributed by atoms with Crippen LogP contribution in [0.4, 0.5) is 0 Å². The smallest absolute Gasteiger partial charge is 0.193 e. The van der Waals surface area contributed by atoms with Crippen molar-refractivity contribution < 1.29 is 9.90 Å². The van der Waals surface area contributed by atoms with Crippen molar-refractivity contribution in [1.29, 1.82) is 0 Å². The predicted molar refractivity (Wildman–Crippen MR) is 100 cm³/mol. The van der Waals surface area contributed by atoms with E-state index in [0.29, 0.717) is 16.9 Å². The number of ketones is 1. The predicted octanol–water partition coefficient (Wildman–Crippen LogP) is 5.82. The van der Waals surface area contributed by atoms with Gasteiger partial charge in [-0.25, -0.2) is 0 Å². The van der Waals surface area contributed by atoms with Crippen molar-refractivity contribution in [2.24, 2.45) is 0 Å². The van der Waals surface area contributed by atoms with Crippen LogP contribution in [0, 0.1) is 0 Å². The summed E-state index contributed by atoms with van der Waals surface area (Å²) in [6.45, 7) is 10.3. The van der Waals surface area contributed by atoms with Crippen molar-refractivity contribution in [1.82, 2.24) is 0 Å². The normalized spacial score (nSPS) is 11.3. The minimum absolute atomic E-state index is 0.0156. The second-order valence-electron chi connectivity index (χ2n) is 7.09. The van der Waals surface area contributed by atoms with Gasteiger partial charge in [0, 0.05) is 11.1 Å². The zero-order chi connectivity index (χ0) is 17.9. The Bertz CT molecular complexity index is 680. The van der Waals surface area contributed by atoms with Gasteiger partial charge in [0.05, 0.1) is 0 Å². The van der Waals surface area contributed by atoms with Gasteiger partial charge in [-0.2, -0.15) is 0 Å². The molecule has 24 heavy (non-hydrogen) atoms. The summed E-state index contributed by atoms with van der Waals surface area (Å²) in [6, 6.07) is 11.6. The van der Waals surface area contributed by atoms with Crippen molar-refractivity contribution in [3.05, 3.63) is 64.2 Å². The maximum absolute atomic E-state index is 12.9. The van der Waals surface area contributed by atoms with Gasteiger partial charge < -0.3 is 5.11 Å². The second kappa shape index (κ2) is 7.65. The Morgan fingerprint density at radius 1 is 0.917 bits per heavy atom. The van der Waals surface area contributed by atoms with Gasteiger partial charge in [0.15, 0.2) is 5.78 Å². The first-order valence-corrected chi connectivity index (χ1v) is 8.85. The number of aryl methyl sites for hydroxylation is 1. The van der Waals surface area contributed by atoms with Crippen molar-refractivity contribution in [2.45, 2.75) is 59.3 Å². The number of carbonyl (C=O) groups excluding carboxylic acids is 1. The monoisotopic (exact) mass is 324 g/mol. The van der Waals surface area contributed by atoms with Crippen LogP contribution in [-0.4, -0.2) is 10.9 Å². The maximum atomic E-state index is 12.9. The number of phenolic OH excluding ortho intramolecular Hbond substituents is 1. The van der Waals surface area contributed by atoms with E-state index in [-0.39, 0.29) is 17.6 Å². The van der Waals surface area contributed by atoms with Crippen LogP contribution in [0.5, 0.6) is 5.75 Å². The fraction of sp³-hybridized carbons (Fsp3) is 0.409. The van der Waals surface area contributed by atoms with E-state index in [9.17, 15) is 9.90 Å². The Kier molecular flexibility index (Phi) is 5.82. The first kappa shape index (κ1) is 18.3. The Balaban J connectivity index is 2.45. The summed E-state index contributed by atoms with van der Waals surface area (Å²) >= 11 is 0. The van der Waals surface area contributed by atoms with Crippen LogP contribution in [0.25, 0.3) is 0 Å². The standard InChI is InChI=1S/C22H28O2/c1-6-7-16-8-10-17(11-9-16)21(23)18-12-19(14(2)3)22(24)20(13-18)15(4)5/h8-15,24H,6-7H2,1-5H3. The van der Waals surface area contributed by atoms with Gasteiger partial charge in [0.2, 0.25) is 0 Å². The molecule has 0 aliphatic heterocycles. The summed E-state index contributed by atoms with van der Waals surface area (Å²) in [5.74, 6) is 0.682. The summed E-state index contributed by atoms with van der Waals surface area (Å²) in [7, 11) is 0. The summed E-state index contributed by atoms with van der Waals surface area (Å²) in [5, 5.41) is 10.5. The highest BCUT2D eigenvalue weighted by Gasteiger charge is 2.18. The van der Waals surface area contributed by atoms with E-state index in [1.165, 1.54) is 5.56 Å². The van der Waals surface area contributed by atoms with E-state index < -0.39 is 0 Å². The number of rotatable bonds is 6. The summed E-state index contributed by atoms with van der Waals surface area (Å²) < 4.78 is 0. The third-order valence-corrected chi connectivity index (χ3v) is 4.43. The van der Waals surface area contributed by atoms with Crippen molar-refractivity contribution in [3.63, 3.8) is 0 Å². The highest BCUT2D eigenvalue weighted by Crippen LogP contribution is 2.35. The molecule has 0 amide bonds. The van der Waals surface area contributed by atoms with Gasteiger partial charge >= 0.3 is 0 Å². The number of hydrogen-bond acceptors (Lipinski definition) is 2. The highest BCUT2D eigenvalue weighted by atomic mass is 16.3. The number of hydrogen-bond donors (Lipinski definition) is 1. The largest absolute Gasteiger partial charge is 0.507 e. The zero-order valence-corrected chi connectivity index (χ0v) is 15.4. The third-order valence-electron chi connectivity index (χ3n) is 4.43. The van der Waals surface area contributed by atoms with Crippen LogP contribution in [0.15, 0.2) is 36.4 Å². The minimum atomic E-state index is 0.0156. The molecule has 0 fully saturated rings. The first-order valence-electron chi connectivity index (χ1n) is 8.85. The number of phenols is 1. The summed E-state index contributed by atoms with van der Waals surface area (Å²) in [4.78, 5) is 12.9. The Morgan fingerprint density at radius 2 is 1.42 bits per heavy atom. The van der Waals surface area contributed by atoms with Gasteiger partial charge in [-0.3, -0.25) is 4.79 Å². The SMILES string of the molecule is CCCc1ccc(C(=O)c2cc(C(C)C)c(O)c(C(C)C)c2)cc1. The van der Waals surface area contributed by atoms with Gasteiger partial charge in [-0.05, 0) is 47.1 Å². The van der Waals surface area contributed by atoms with Gasteiger partial charge in [0.1, 0.15) is 5.75 Å². The molecule has 0 aliphatic rings. The Labute approximate surface area is 145 Å². The Morgan fingerprint density at radius 3 is 1.83 bits per heavy atom. The molecule has 2 aromatic rings. The molecule has 1 N–H and O–H groups in total. The van der Waals surface area contributed by atoms with Crippen molar-refractivity contribution >= 4 is 5.78 Å². The van der Waals surface area contributed by atoms with E-state index in [2.05, 4.69) is 6.92 Å². The molecule has 0 heterocycles. The number of benzene rings is 2. The van der Waals surface area contributed by atoms with Crippen molar-refractivity contribution in [2.75, 3.05) is 0 Å². The van der Waals surface area contributed by atoms with Gasteiger partial charge in [-0.15, -0.1) is 0 Å². The second-order valence-corrected chi connectivity index (χ2v) is 7.09. The highest BCUT2D eigenvalue weighted by molar-refractivity contribution is 6.09. The molecule has 0 unspecified atom stereocenters. The molecule has 0 spiro atoms. The minimum Gasteiger partial charge on any atom is -0.507 e. The van der Waals surface area contributed by atoms with Gasteiger partial charge in [0.25, 0.3) is 0 Å². The van der Waals surface area contributed by atoms with Crippen LogP contribution in [0.1, 0.15) is 85.5 Å². The molecule has 2 nitrogen and oxygen atoms in total. The molecule has 0 saturated heterocycles. The lowest BCUT2D eigenvalue weighted by atomic mass is 9.89. The molecule has 0 bridgehead atoms. The van der Waals surface area contributed by atoms with Crippen LogP contribution < -0.4 is 0 Å². The maximum Gasteiger partial charge on any atom is 0.193 e. The first-order chi connectivity index (χ1) is 11.3. The fourth-order valence-corrected chi connectivity index (χ4v) is 2.97. The van der Waals surface area contributed by atoms with E-state index in [1.807, 2.05) is 64.1 Å². The summed E-state index contributed by atoms with van der Waals surface area (Å²) in [5.41, 5.74) is 4.29. The molecule has 0 atom stereocenters. The quantitative estimate of drug-likeness (QED) is 0.679. The summed E-state index contributed by atoms with van der Waals surface area (Å²) in [6.07, 6.45) is 2.13. The van der Waals surface area contributed by atoms with Gasteiger partial charge in [-0.1, -0.05) is 65.3 Å². The fourth-order valence-electron chi connectivity index (χ4n) is 2.97. The molecule has 0 radical (unpaired) electrons. The molecule has 0 saturated carbocycles. The van der Waals surface area contributed by atoms with E-state index in [1.54, 1.807) is 0 Å². The molecular weight excluding hydrogens is 296 g/mol. The molecule has 0 aromatic heterocycles. The topological polar surface area (TPSA) is 37.3 Å². The molecule has 2 aromatic carbocycles. The average molecular weight is 324 g/mol. The van der Waals surface area contributed by atoms with Crippen molar-refractivity contribution in [3.8, 4) is 5.75 Å². The van der Waals surface area contributed by atoms with Crippen LogP contribution in [0.2, 0.25) is 0 Å². The van der Waals surface area contributed by atoms with E-state index in [0.717, 1.165) is 24.0 Å². The zero-order valence-electron chi connectivity index (χ0n) is 15.4. The lowest BCUT2D eigenvalue weighted by Gasteiger charge is -2.17. The lowest BCUT2D eigenvalue weighted by molar-refractivity contribution is 0.103. The third kappa shape index (κ3) is 3.87.